The van der Waals surface area contributed by atoms with Crippen molar-refractivity contribution in [3.8, 4) is 0 Å². The van der Waals surface area contributed by atoms with Gasteiger partial charge in [-0.3, -0.25) is 0 Å². The van der Waals surface area contributed by atoms with Crippen molar-refractivity contribution in [3.63, 3.8) is 0 Å². The third kappa shape index (κ3) is 3.21. The Hall–Kier alpha value is -0.0800. The van der Waals surface area contributed by atoms with E-state index in [1.54, 1.807) is 0 Å². The van der Waals surface area contributed by atoms with E-state index in [-0.39, 0.29) is 0 Å². The standard InChI is InChI=1S/C14H27NO/c1-3-15-13-5-4-6-14(13)16-12-9-7-11(2)8-10-12/h11-15H,3-10H2,1-2H3. The van der Waals surface area contributed by atoms with Crippen LogP contribution in [-0.4, -0.2) is 24.8 Å². The largest absolute Gasteiger partial charge is 0.373 e. The van der Waals surface area contributed by atoms with E-state index in [2.05, 4.69) is 19.2 Å². The summed E-state index contributed by atoms with van der Waals surface area (Å²) < 4.78 is 6.30. The first kappa shape index (κ1) is 12.4. The lowest BCUT2D eigenvalue weighted by Gasteiger charge is -2.31. The van der Waals surface area contributed by atoms with Crippen molar-refractivity contribution in [1.82, 2.24) is 5.32 Å². The van der Waals surface area contributed by atoms with Crippen LogP contribution in [0.1, 0.15) is 58.8 Å². The molecule has 0 spiro atoms. The van der Waals surface area contributed by atoms with E-state index in [1.807, 2.05) is 0 Å². The second kappa shape index (κ2) is 6.02. The molecule has 0 saturated heterocycles. The maximum absolute atomic E-state index is 6.30. The summed E-state index contributed by atoms with van der Waals surface area (Å²) >= 11 is 0. The number of hydrogen-bond donors (Lipinski definition) is 1. The summed E-state index contributed by atoms with van der Waals surface area (Å²) in [6.07, 6.45) is 10.3. The molecule has 0 amide bonds. The number of nitrogens with one attached hydrogen (secondary N) is 1. The molecule has 0 bridgehead atoms. The van der Waals surface area contributed by atoms with Gasteiger partial charge in [-0.1, -0.05) is 13.8 Å². The molecule has 2 heteroatoms. The zero-order valence-corrected chi connectivity index (χ0v) is 10.9. The van der Waals surface area contributed by atoms with Crippen molar-refractivity contribution in [2.24, 2.45) is 5.92 Å². The van der Waals surface area contributed by atoms with Gasteiger partial charge in [-0.15, -0.1) is 0 Å². The zero-order chi connectivity index (χ0) is 11.4. The van der Waals surface area contributed by atoms with Crippen molar-refractivity contribution in [3.05, 3.63) is 0 Å². The third-order valence-electron chi connectivity index (χ3n) is 4.25. The number of likely N-dealkylation sites (N-methyl/N-ethyl adjacent to an activating group) is 1. The van der Waals surface area contributed by atoms with Crippen molar-refractivity contribution >= 4 is 0 Å². The van der Waals surface area contributed by atoms with Crippen LogP contribution in [0.4, 0.5) is 0 Å². The molecule has 2 aliphatic rings. The van der Waals surface area contributed by atoms with Gasteiger partial charge >= 0.3 is 0 Å². The first-order chi connectivity index (χ1) is 7.79. The highest BCUT2D eigenvalue weighted by atomic mass is 16.5. The van der Waals surface area contributed by atoms with E-state index in [4.69, 9.17) is 4.74 Å². The van der Waals surface area contributed by atoms with Gasteiger partial charge in [0.2, 0.25) is 0 Å². The first-order valence-corrected chi connectivity index (χ1v) is 7.18. The molecule has 0 aromatic carbocycles. The van der Waals surface area contributed by atoms with Gasteiger partial charge < -0.3 is 10.1 Å². The fourth-order valence-electron chi connectivity index (χ4n) is 3.20. The molecule has 2 fully saturated rings. The van der Waals surface area contributed by atoms with Crippen LogP contribution in [0.5, 0.6) is 0 Å². The van der Waals surface area contributed by atoms with Gasteiger partial charge in [0, 0.05) is 6.04 Å². The van der Waals surface area contributed by atoms with Crippen LogP contribution in [-0.2, 0) is 4.74 Å². The van der Waals surface area contributed by atoms with Gasteiger partial charge in [0.25, 0.3) is 0 Å². The Bertz CT molecular complexity index is 199. The molecular weight excluding hydrogens is 198 g/mol. The quantitative estimate of drug-likeness (QED) is 0.794. The molecule has 94 valence electrons. The van der Waals surface area contributed by atoms with E-state index < -0.39 is 0 Å². The van der Waals surface area contributed by atoms with E-state index in [0.29, 0.717) is 18.2 Å². The average Bonchev–Trinajstić information content (AvgIpc) is 2.70. The molecule has 0 heterocycles. The summed E-state index contributed by atoms with van der Waals surface area (Å²) in [6, 6.07) is 0.629. The average molecular weight is 225 g/mol. The Balaban J connectivity index is 1.75. The predicted octanol–water partition coefficient (Wildman–Crippen LogP) is 3.11. The van der Waals surface area contributed by atoms with Gasteiger partial charge in [-0.05, 0) is 57.4 Å². The Morgan fingerprint density at radius 1 is 1.06 bits per heavy atom. The molecule has 2 rings (SSSR count). The SMILES string of the molecule is CCNC1CCCC1OC1CCC(C)CC1. The molecule has 2 nitrogen and oxygen atoms in total. The number of ether oxygens (including phenoxy) is 1. The minimum Gasteiger partial charge on any atom is -0.373 e. The molecule has 0 aliphatic heterocycles. The second-order valence-corrected chi connectivity index (χ2v) is 5.65. The molecule has 0 aromatic rings. The number of hydrogen-bond acceptors (Lipinski definition) is 2. The smallest absolute Gasteiger partial charge is 0.0731 e. The lowest BCUT2D eigenvalue weighted by atomic mass is 9.89. The van der Waals surface area contributed by atoms with Crippen LogP contribution >= 0.6 is 0 Å². The topological polar surface area (TPSA) is 21.3 Å². The molecule has 16 heavy (non-hydrogen) atoms. The summed E-state index contributed by atoms with van der Waals surface area (Å²) in [6.45, 7) is 5.64. The Morgan fingerprint density at radius 2 is 1.81 bits per heavy atom. The monoisotopic (exact) mass is 225 g/mol. The Kier molecular flexibility index (Phi) is 4.66. The highest BCUT2D eigenvalue weighted by molar-refractivity contribution is 4.85. The molecule has 0 aromatic heterocycles. The maximum Gasteiger partial charge on any atom is 0.0731 e. The number of rotatable bonds is 4. The first-order valence-electron chi connectivity index (χ1n) is 7.18. The third-order valence-corrected chi connectivity index (χ3v) is 4.25. The summed E-state index contributed by atoms with van der Waals surface area (Å²) in [5.41, 5.74) is 0. The van der Waals surface area contributed by atoms with Gasteiger partial charge in [0.1, 0.15) is 0 Å². The summed E-state index contributed by atoms with van der Waals surface area (Å²) in [7, 11) is 0. The van der Waals surface area contributed by atoms with Gasteiger partial charge in [-0.25, -0.2) is 0 Å². The van der Waals surface area contributed by atoms with Crippen molar-refractivity contribution in [1.29, 1.82) is 0 Å². The van der Waals surface area contributed by atoms with Crippen molar-refractivity contribution in [2.45, 2.75) is 77.0 Å². The highest BCUT2D eigenvalue weighted by Gasteiger charge is 2.30. The fourth-order valence-corrected chi connectivity index (χ4v) is 3.20. The van der Waals surface area contributed by atoms with E-state index >= 15 is 0 Å². The molecule has 1 N–H and O–H groups in total. The van der Waals surface area contributed by atoms with Gasteiger partial charge in [0.15, 0.2) is 0 Å². The maximum atomic E-state index is 6.30. The summed E-state index contributed by atoms with van der Waals surface area (Å²) in [4.78, 5) is 0. The highest BCUT2D eigenvalue weighted by Crippen LogP contribution is 2.30. The minimum atomic E-state index is 0.498. The van der Waals surface area contributed by atoms with Crippen molar-refractivity contribution in [2.75, 3.05) is 6.54 Å². The Morgan fingerprint density at radius 3 is 2.50 bits per heavy atom. The fraction of sp³-hybridized carbons (Fsp3) is 1.00. The van der Waals surface area contributed by atoms with Crippen LogP contribution < -0.4 is 5.32 Å². The molecule has 2 unspecified atom stereocenters. The van der Waals surface area contributed by atoms with Gasteiger partial charge in [0.05, 0.1) is 12.2 Å². The van der Waals surface area contributed by atoms with E-state index in [0.717, 1.165) is 12.5 Å². The lowest BCUT2D eigenvalue weighted by Crippen LogP contribution is -2.39. The molecule has 2 aliphatic carbocycles. The van der Waals surface area contributed by atoms with E-state index in [9.17, 15) is 0 Å². The van der Waals surface area contributed by atoms with Gasteiger partial charge in [-0.2, -0.15) is 0 Å². The second-order valence-electron chi connectivity index (χ2n) is 5.65. The van der Waals surface area contributed by atoms with Crippen LogP contribution in [0.25, 0.3) is 0 Å². The Labute approximate surface area is 100 Å². The summed E-state index contributed by atoms with van der Waals surface area (Å²) in [5.74, 6) is 0.924. The van der Waals surface area contributed by atoms with Crippen LogP contribution in [0, 0.1) is 5.92 Å². The van der Waals surface area contributed by atoms with Crippen LogP contribution in [0.15, 0.2) is 0 Å². The molecular formula is C14H27NO. The summed E-state index contributed by atoms with van der Waals surface area (Å²) in [5, 5.41) is 3.57. The normalized spacial score (nSPS) is 40.1. The lowest BCUT2D eigenvalue weighted by molar-refractivity contribution is -0.0425. The van der Waals surface area contributed by atoms with Crippen molar-refractivity contribution < 1.29 is 4.74 Å². The van der Waals surface area contributed by atoms with Crippen LogP contribution in [0.2, 0.25) is 0 Å². The predicted molar refractivity (Wildman–Crippen MR) is 67.6 cm³/mol. The molecule has 2 atom stereocenters. The molecule has 0 radical (unpaired) electrons. The van der Waals surface area contributed by atoms with Crippen LogP contribution in [0.3, 0.4) is 0 Å². The zero-order valence-electron chi connectivity index (χ0n) is 10.9. The molecule has 2 saturated carbocycles. The van der Waals surface area contributed by atoms with E-state index in [1.165, 1.54) is 44.9 Å². The minimum absolute atomic E-state index is 0.498.